The number of carbonyl (C=O) groups is 1. The first kappa shape index (κ1) is 15.8. The Morgan fingerprint density at radius 1 is 1.21 bits per heavy atom. The first-order valence-corrected chi connectivity index (χ1v) is 7.71. The van der Waals surface area contributed by atoms with Gasteiger partial charge >= 0.3 is 5.97 Å². The third-order valence-electron chi connectivity index (χ3n) is 3.66. The van der Waals surface area contributed by atoms with Gasteiger partial charge < -0.3 is 15.2 Å². The van der Waals surface area contributed by atoms with Gasteiger partial charge in [-0.3, -0.25) is 4.98 Å². The monoisotopic (exact) mass is 322 g/mol. The summed E-state index contributed by atoms with van der Waals surface area (Å²) in [6.45, 7) is 4.05. The van der Waals surface area contributed by atoms with E-state index in [1.165, 1.54) is 6.20 Å². The molecule has 0 aliphatic heterocycles. The number of benzene rings is 2. The fraction of sp³-hybridized carbons (Fsp3) is 0.158. The van der Waals surface area contributed by atoms with E-state index in [0.717, 1.165) is 22.2 Å². The Labute approximate surface area is 139 Å². The zero-order valence-corrected chi connectivity index (χ0v) is 13.5. The Balaban J connectivity index is 2.16. The molecular weight excluding hydrogens is 304 g/mol. The SMILES string of the molecule is CCOC(=O)c1cnc2ccc(C)cc2c1Nc1ccc(O)cc1. The van der Waals surface area contributed by atoms with E-state index in [9.17, 15) is 9.90 Å². The van der Waals surface area contributed by atoms with Crippen LogP contribution in [0, 0.1) is 6.92 Å². The maximum absolute atomic E-state index is 12.3. The van der Waals surface area contributed by atoms with Gasteiger partial charge in [0.1, 0.15) is 11.3 Å². The maximum atomic E-state index is 12.3. The lowest BCUT2D eigenvalue weighted by molar-refractivity contribution is 0.0527. The number of hydrogen-bond acceptors (Lipinski definition) is 5. The summed E-state index contributed by atoms with van der Waals surface area (Å²) in [5.41, 5.74) is 3.64. The molecule has 2 N–H and O–H groups in total. The molecule has 0 bridgehead atoms. The molecule has 0 atom stereocenters. The van der Waals surface area contributed by atoms with E-state index in [4.69, 9.17) is 4.74 Å². The van der Waals surface area contributed by atoms with Crippen LogP contribution in [0.3, 0.4) is 0 Å². The van der Waals surface area contributed by atoms with E-state index in [-0.39, 0.29) is 5.75 Å². The van der Waals surface area contributed by atoms with Gasteiger partial charge in [0.2, 0.25) is 0 Å². The molecule has 0 amide bonds. The van der Waals surface area contributed by atoms with Gasteiger partial charge in [0.05, 0.1) is 17.8 Å². The number of rotatable bonds is 4. The molecule has 24 heavy (non-hydrogen) atoms. The van der Waals surface area contributed by atoms with E-state index in [1.807, 2.05) is 25.1 Å². The summed E-state index contributed by atoms with van der Waals surface area (Å²) < 4.78 is 5.15. The van der Waals surface area contributed by atoms with Gasteiger partial charge in [0.15, 0.2) is 0 Å². The lowest BCUT2D eigenvalue weighted by Gasteiger charge is -2.14. The standard InChI is InChI=1S/C19H18N2O3/c1-3-24-19(23)16-11-20-17-9-4-12(2)10-15(17)18(16)21-13-5-7-14(22)8-6-13/h4-11,22H,3H2,1-2H3,(H,20,21). The van der Waals surface area contributed by atoms with Crippen LogP contribution in [0.25, 0.3) is 10.9 Å². The van der Waals surface area contributed by atoms with Gasteiger partial charge in [-0.15, -0.1) is 0 Å². The zero-order chi connectivity index (χ0) is 17.1. The number of phenolic OH excluding ortho intramolecular Hbond substituents is 1. The predicted molar refractivity (Wildman–Crippen MR) is 93.8 cm³/mol. The number of esters is 1. The van der Waals surface area contributed by atoms with E-state index < -0.39 is 5.97 Å². The summed E-state index contributed by atoms with van der Waals surface area (Å²) in [6, 6.07) is 12.5. The fourth-order valence-corrected chi connectivity index (χ4v) is 2.49. The molecule has 0 spiro atoms. The Kier molecular flexibility index (Phi) is 4.33. The number of aromatic hydroxyl groups is 1. The van der Waals surface area contributed by atoms with Gasteiger partial charge in [-0.25, -0.2) is 4.79 Å². The molecule has 3 aromatic rings. The van der Waals surface area contributed by atoms with Crippen molar-refractivity contribution in [1.29, 1.82) is 0 Å². The van der Waals surface area contributed by atoms with Crippen molar-refractivity contribution >= 4 is 28.2 Å². The van der Waals surface area contributed by atoms with Gasteiger partial charge in [-0.05, 0) is 50.2 Å². The van der Waals surface area contributed by atoms with Gasteiger partial charge in [0, 0.05) is 17.3 Å². The first-order chi connectivity index (χ1) is 11.6. The highest BCUT2D eigenvalue weighted by Gasteiger charge is 2.17. The molecule has 1 heterocycles. The minimum atomic E-state index is -0.422. The lowest BCUT2D eigenvalue weighted by Crippen LogP contribution is -2.09. The normalized spacial score (nSPS) is 10.6. The molecule has 3 rings (SSSR count). The largest absolute Gasteiger partial charge is 0.508 e. The van der Waals surface area contributed by atoms with E-state index in [1.54, 1.807) is 31.2 Å². The molecule has 0 radical (unpaired) electrons. The summed E-state index contributed by atoms with van der Waals surface area (Å²) in [5, 5.41) is 13.5. The van der Waals surface area contributed by atoms with Gasteiger partial charge in [-0.1, -0.05) is 11.6 Å². The van der Waals surface area contributed by atoms with Crippen LogP contribution >= 0.6 is 0 Å². The molecule has 0 fully saturated rings. The van der Waals surface area contributed by atoms with Crippen LogP contribution in [0.4, 0.5) is 11.4 Å². The van der Waals surface area contributed by atoms with Crippen molar-refractivity contribution < 1.29 is 14.6 Å². The highest BCUT2D eigenvalue weighted by atomic mass is 16.5. The van der Waals surface area contributed by atoms with Crippen molar-refractivity contribution in [2.45, 2.75) is 13.8 Å². The van der Waals surface area contributed by atoms with Crippen LogP contribution in [0.5, 0.6) is 5.75 Å². The molecule has 0 saturated carbocycles. The summed E-state index contributed by atoms with van der Waals surface area (Å²) >= 11 is 0. The van der Waals surface area contributed by atoms with E-state index in [0.29, 0.717) is 17.9 Å². The topological polar surface area (TPSA) is 71.5 Å². The third-order valence-corrected chi connectivity index (χ3v) is 3.66. The zero-order valence-electron chi connectivity index (χ0n) is 13.5. The summed E-state index contributed by atoms with van der Waals surface area (Å²) in [4.78, 5) is 16.7. The van der Waals surface area contributed by atoms with Crippen molar-refractivity contribution in [3.05, 3.63) is 59.8 Å². The molecule has 0 saturated heterocycles. The number of hydrogen-bond donors (Lipinski definition) is 2. The molecule has 0 aliphatic carbocycles. The van der Waals surface area contributed by atoms with Crippen molar-refractivity contribution in [1.82, 2.24) is 4.98 Å². The van der Waals surface area contributed by atoms with Gasteiger partial charge in [0.25, 0.3) is 0 Å². The number of pyridine rings is 1. The molecule has 0 unspecified atom stereocenters. The van der Waals surface area contributed by atoms with Crippen molar-refractivity contribution in [3.8, 4) is 5.75 Å². The van der Waals surface area contributed by atoms with E-state index in [2.05, 4.69) is 10.3 Å². The molecular formula is C19H18N2O3. The number of aromatic nitrogens is 1. The quantitative estimate of drug-likeness (QED) is 0.557. The van der Waals surface area contributed by atoms with E-state index >= 15 is 0 Å². The number of fused-ring (bicyclic) bond motifs is 1. The lowest BCUT2D eigenvalue weighted by atomic mass is 10.1. The highest BCUT2D eigenvalue weighted by Crippen LogP contribution is 2.30. The van der Waals surface area contributed by atoms with Crippen LogP contribution in [0.2, 0.25) is 0 Å². The van der Waals surface area contributed by atoms with Crippen LogP contribution in [-0.4, -0.2) is 22.7 Å². The molecule has 5 heteroatoms. The Morgan fingerprint density at radius 2 is 1.96 bits per heavy atom. The number of nitrogens with one attached hydrogen (secondary N) is 1. The minimum Gasteiger partial charge on any atom is -0.508 e. The molecule has 1 aromatic heterocycles. The number of carbonyl (C=O) groups excluding carboxylic acids is 1. The smallest absolute Gasteiger partial charge is 0.341 e. The second-order valence-corrected chi connectivity index (χ2v) is 5.46. The fourth-order valence-electron chi connectivity index (χ4n) is 2.49. The Bertz CT molecular complexity index is 889. The average Bonchev–Trinajstić information content (AvgIpc) is 2.57. The number of nitrogens with zero attached hydrogens (tertiary/aromatic N) is 1. The summed E-state index contributed by atoms with van der Waals surface area (Å²) in [6.07, 6.45) is 1.53. The average molecular weight is 322 g/mol. The second kappa shape index (κ2) is 6.58. The third kappa shape index (κ3) is 3.15. The van der Waals surface area contributed by atoms with Crippen LogP contribution in [-0.2, 0) is 4.74 Å². The molecule has 0 aliphatic rings. The van der Waals surface area contributed by atoms with Crippen LogP contribution in [0.15, 0.2) is 48.7 Å². The van der Waals surface area contributed by atoms with Crippen molar-refractivity contribution in [2.75, 3.05) is 11.9 Å². The Hall–Kier alpha value is -3.08. The maximum Gasteiger partial charge on any atom is 0.341 e. The predicted octanol–water partition coefficient (Wildman–Crippen LogP) is 4.17. The second-order valence-electron chi connectivity index (χ2n) is 5.46. The number of ether oxygens (including phenoxy) is 1. The van der Waals surface area contributed by atoms with Crippen molar-refractivity contribution in [3.63, 3.8) is 0 Å². The van der Waals surface area contributed by atoms with Crippen LogP contribution < -0.4 is 5.32 Å². The number of anilines is 2. The minimum absolute atomic E-state index is 0.182. The number of phenols is 1. The summed E-state index contributed by atoms with van der Waals surface area (Å²) in [5.74, 6) is -0.240. The molecule has 122 valence electrons. The molecule has 2 aromatic carbocycles. The molecule has 5 nitrogen and oxygen atoms in total. The highest BCUT2D eigenvalue weighted by molar-refractivity contribution is 6.06. The first-order valence-electron chi connectivity index (χ1n) is 7.71. The Morgan fingerprint density at radius 3 is 2.67 bits per heavy atom. The van der Waals surface area contributed by atoms with Gasteiger partial charge in [-0.2, -0.15) is 0 Å². The van der Waals surface area contributed by atoms with Crippen molar-refractivity contribution in [2.24, 2.45) is 0 Å². The summed E-state index contributed by atoms with van der Waals surface area (Å²) in [7, 11) is 0. The van der Waals surface area contributed by atoms with Crippen LogP contribution in [0.1, 0.15) is 22.8 Å². The number of aryl methyl sites for hydroxylation is 1.